The number of likely N-dealkylation sites (N-methyl/N-ethyl adjacent to an activating group) is 1. The van der Waals surface area contributed by atoms with E-state index in [1.807, 2.05) is 60.7 Å². The molecule has 1 aliphatic heterocycles. The fourth-order valence-electron chi connectivity index (χ4n) is 6.86. The highest BCUT2D eigenvalue weighted by Crippen LogP contribution is 2.16. The normalized spacial score (nSPS) is 22.2. The van der Waals surface area contributed by atoms with Crippen LogP contribution in [0, 0.1) is 11.8 Å². The average molecular weight is 850 g/mol. The first kappa shape index (κ1) is 49.4. The Morgan fingerprint density at radius 3 is 1.95 bits per heavy atom. The number of aryl methyl sites for hydroxylation is 2. The van der Waals surface area contributed by atoms with Crippen molar-refractivity contribution in [2.45, 2.75) is 122 Å². The van der Waals surface area contributed by atoms with Crippen LogP contribution < -0.4 is 31.9 Å². The van der Waals surface area contributed by atoms with Gasteiger partial charge in [-0.1, -0.05) is 94.8 Å². The highest BCUT2D eigenvalue weighted by atomic mass is 16.5. The van der Waals surface area contributed by atoms with E-state index >= 15 is 0 Å². The Morgan fingerprint density at radius 2 is 1.39 bits per heavy atom. The van der Waals surface area contributed by atoms with Crippen molar-refractivity contribution in [3.63, 3.8) is 0 Å². The molecule has 7 atom stereocenters. The first-order valence-corrected chi connectivity index (χ1v) is 21.0. The van der Waals surface area contributed by atoms with Crippen LogP contribution in [-0.2, 0) is 51.1 Å². The molecule has 2 aromatic carbocycles. The number of nitrogens with zero attached hydrogens (tertiary/aromatic N) is 1. The maximum Gasteiger partial charge on any atom is 0.326 e. The van der Waals surface area contributed by atoms with Gasteiger partial charge in [0.25, 0.3) is 0 Å². The van der Waals surface area contributed by atoms with E-state index in [1.54, 1.807) is 27.7 Å². The van der Waals surface area contributed by atoms with Crippen molar-refractivity contribution in [1.29, 1.82) is 0 Å². The van der Waals surface area contributed by atoms with Crippen LogP contribution in [0.3, 0.4) is 0 Å². The molecular weight excluding hydrogens is 787 g/mol. The summed E-state index contributed by atoms with van der Waals surface area (Å²) in [6, 6.07) is 10.4. The van der Waals surface area contributed by atoms with E-state index in [0.717, 1.165) is 11.1 Å². The lowest BCUT2D eigenvalue weighted by atomic mass is 9.98. The number of carboxylic acid groups (broad SMARTS) is 1. The number of hydrogen-bond donors (Lipinski definition) is 7. The number of urea groups is 1. The molecule has 0 radical (unpaired) electrons. The topological polar surface area (TPSA) is 241 Å². The predicted octanol–water partition coefficient (Wildman–Crippen LogP) is 2.22. The van der Waals surface area contributed by atoms with Crippen LogP contribution in [0.25, 0.3) is 0 Å². The van der Waals surface area contributed by atoms with Gasteiger partial charge >= 0.3 is 18.0 Å². The van der Waals surface area contributed by atoms with Crippen molar-refractivity contribution in [1.82, 2.24) is 36.8 Å². The van der Waals surface area contributed by atoms with Crippen LogP contribution in [-0.4, -0.2) is 114 Å². The highest BCUT2D eigenvalue weighted by molar-refractivity contribution is 5.96. The Kier molecular flexibility index (Phi) is 20.2. The molecule has 61 heavy (non-hydrogen) atoms. The number of aliphatic carboxylic acids is 1. The number of carbonyl (C=O) groups excluding carboxylic acids is 7. The molecule has 0 unspecified atom stereocenters. The fourth-order valence-corrected chi connectivity index (χ4v) is 6.86. The number of hydrogen-bond acceptors (Lipinski definition) is 9. The van der Waals surface area contributed by atoms with Gasteiger partial charge in [0.15, 0.2) is 0 Å². The monoisotopic (exact) mass is 849 g/mol. The van der Waals surface area contributed by atoms with Crippen molar-refractivity contribution in [2.75, 3.05) is 20.2 Å². The van der Waals surface area contributed by atoms with E-state index in [4.69, 9.17) is 4.74 Å². The summed E-state index contributed by atoms with van der Waals surface area (Å²) in [5, 5.41) is 25.8. The third kappa shape index (κ3) is 16.2. The SMILES string of the molecule is CC[C@H](C)[C@H](NC(=O)N[C@H]1CCCCNC(=O)[C@H](COC(C)=O)NC(=O)[C@@H](CCc2ccccc2)N(C)C(=O)[C@H](CCc2ccccc2)NC(=O)[C@@H](C(C)C)NC1=O)C(=O)O. The van der Waals surface area contributed by atoms with E-state index in [-0.39, 0.29) is 32.2 Å². The quantitative estimate of drug-likeness (QED) is 0.137. The summed E-state index contributed by atoms with van der Waals surface area (Å²) in [7, 11) is 1.45. The second-order valence-corrected chi connectivity index (χ2v) is 15.8. The molecule has 0 saturated carbocycles. The Morgan fingerprint density at radius 1 is 0.803 bits per heavy atom. The van der Waals surface area contributed by atoms with E-state index in [0.29, 0.717) is 25.7 Å². The second kappa shape index (κ2) is 24.9. The van der Waals surface area contributed by atoms with Crippen LogP contribution in [0.15, 0.2) is 60.7 Å². The molecule has 7 N–H and O–H groups in total. The van der Waals surface area contributed by atoms with Crippen molar-refractivity contribution in [2.24, 2.45) is 11.8 Å². The Labute approximate surface area is 357 Å². The average Bonchev–Trinajstić information content (AvgIpc) is 3.23. The van der Waals surface area contributed by atoms with Gasteiger partial charge in [0, 0.05) is 20.5 Å². The molecule has 1 saturated heterocycles. The smallest absolute Gasteiger partial charge is 0.326 e. The number of carboxylic acids is 1. The largest absolute Gasteiger partial charge is 0.480 e. The molecule has 0 aliphatic carbocycles. The van der Waals surface area contributed by atoms with Gasteiger partial charge in [0.1, 0.15) is 42.9 Å². The van der Waals surface area contributed by atoms with E-state index < -0.39 is 102 Å². The molecule has 17 heteroatoms. The maximum atomic E-state index is 14.6. The first-order chi connectivity index (χ1) is 29.0. The number of carbonyl (C=O) groups is 8. The summed E-state index contributed by atoms with van der Waals surface area (Å²) in [4.78, 5) is 109. The number of ether oxygens (including phenoxy) is 1. The molecule has 17 nitrogen and oxygen atoms in total. The third-order valence-electron chi connectivity index (χ3n) is 10.8. The van der Waals surface area contributed by atoms with E-state index in [2.05, 4.69) is 31.9 Å². The van der Waals surface area contributed by atoms with Crippen molar-refractivity contribution < 1.29 is 48.2 Å². The Balaban J connectivity index is 2.05. The van der Waals surface area contributed by atoms with Crippen molar-refractivity contribution in [3.05, 3.63) is 71.8 Å². The van der Waals surface area contributed by atoms with Gasteiger partial charge in [-0.25, -0.2) is 9.59 Å². The number of amides is 7. The van der Waals surface area contributed by atoms with Gasteiger partial charge in [-0.15, -0.1) is 0 Å². The van der Waals surface area contributed by atoms with Gasteiger partial charge in [-0.3, -0.25) is 28.8 Å². The van der Waals surface area contributed by atoms with Crippen molar-refractivity contribution >= 4 is 47.5 Å². The molecule has 1 heterocycles. The predicted molar refractivity (Wildman–Crippen MR) is 227 cm³/mol. The molecule has 1 fully saturated rings. The molecule has 0 spiro atoms. The van der Waals surface area contributed by atoms with Crippen LogP contribution >= 0.6 is 0 Å². The van der Waals surface area contributed by atoms with Crippen LogP contribution in [0.5, 0.6) is 0 Å². The van der Waals surface area contributed by atoms with Crippen LogP contribution in [0.4, 0.5) is 4.79 Å². The number of esters is 1. The summed E-state index contributed by atoms with van der Waals surface area (Å²) in [6.45, 7) is 7.63. The fraction of sp³-hybridized carbons (Fsp3) is 0.545. The van der Waals surface area contributed by atoms with E-state index in [9.17, 15) is 43.5 Å². The lowest BCUT2D eigenvalue weighted by molar-refractivity contribution is -0.146. The van der Waals surface area contributed by atoms with Crippen LogP contribution in [0.1, 0.15) is 84.3 Å². The minimum Gasteiger partial charge on any atom is -0.480 e. The summed E-state index contributed by atoms with van der Waals surface area (Å²) in [6.07, 6.45) is 2.06. The molecule has 334 valence electrons. The first-order valence-electron chi connectivity index (χ1n) is 21.0. The number of benzene rings is 2. The summed E-state index contributed by atoms with van der Waals surface area (Å²) in [5.41, 5.74) is 1.78. The summed E-state index contributed by atoms with van der Waals surface area (Å²) < 4.78 is 5.15. The number of nitrogens with one attached hydrogen (secondary N) is 6. The molecule has 0 aromatic heterocycles. The Hall–Kier alpha value is -6.00. The van der Waals surface area contributed by atoms with Gasteiger partial charge < -0.3 is 46.6 Å². The maximum absolute atomic E-state index is 14.6. The highest BCUT2D eigenvalue weighted by Gasteiger charge is 2.37. The van der Waals surface area contributed by atoms with Gasteiger partial charge in [0.2, 0.25) is 29.5 Å². The molecule has 3 rings (SSSR count). The number of rotatable bonds is 14. The molecule has 7 amide bonds. The lowest BCUT2D eigenvalue weighted by Crippen LogP contribution is -2.61. The molecule has 0 bridgehead atoms. The standard InChI is InChI=1S/C44H63N7O10/c1-7-28(4)37(43(58)59)50-44(60)48-32-20-14-15-25-45-38(53)34(26-61-29(5)52)47-40(55)35(24-22-31-18-12-9-13-19-31)51(6)42(57)33(23-21-30-16-10-8-11-17-30)46-41(56)36(27(2)3)49-39(32)54/h8-13,16-19,27-28,32-37H,7,14-15,20-26H2,1-6H3,(H,45,53)(H,46,56)(H,47,55)(H,49,54)(H,58,59)(H2,48,50,60)/t28-,32-,33-,34-,35+,36+,37-/m0/s1. The van der Waals surface area contributed by atoms with Crippen molar-refractivity contribution in [3.8, 4) is 0 Å². The molecule has 2 aromatic rings. The van der Waals surface area contributed by atoms with Crippen LogP contribution in [0.2, 0.25) is 0 Å². The van der Waals surface area contributed by atoms with Gasteiger partial charge in [-0.05, 0) is 67.9 Å². The summed E-state index contributed by atoms with van der Waals surface area (Å²) in [5.74, 6) is -6.17. The summed E-state index contributed by atoms with van der Waals surface area (Å²) >= 11 is 0. The minimum absolute atomic E-state index is 0.0301. The lowest BCUT2D eigenvalue weighted by Gasteiger charge is -2.33. The van der Waals surface area contributed by atoms with Gasteiger partial charge in [0.05, 0.1) is 0 Å². The van der Waals surface area contributed by atoms with Gasteiger partial charge in [-0.2, -0.15) is 0 Å². The molecule has 1 aliphatic rings. The minimum atomic E-state index is -1.34. The zero-order valence-electron chi connectivity index (χ0n) is 36.0. The zero-order valence-corrected chi connectivity index (χ0v) is 36.0. The molecular formula is C44H63N7O10. The second-order valence-electron chi connectivity index (χ2n) is 15.8. The Bertz CT molecular complexity index is 1790. The zero-order chi connectivity index (χ0) is 45.1. The van der Waals surface area contributed by atoms with E-state index in [1.165, 1.54) is 18.9 Å². The third-order valence-corrected chi connectivity index (χ3v) is 10.8.